The second kappa shape index (κ2) is 8.34. The Balaban J connectivity index is 1.87. The highest BCUT2D eigenvalue weighted by molar-refractivity contribution is 5.16. The van der Waals surface area contributed by atoms with Gasteiger partial charge in [-0.15, -0.1) is 0 Å². The number of hydrogen-bond donors (Lipinski definition) is 1. The summed E-state index contributed by atoms with van der Waals surface area (Å²) in [5.74, 6) is 0. The summed E-state index contributed by atoms with van der Waals surface area (Å²) in [6.45, 7) is 4.28. The minimum atomic E-state index is 0.465. The lowest BCUT2D eigenvalue weighted by atomic mass is 9.97. The molecule has 0 amide bonds. The average Bonchev–Trinajstić information content (AvgIpc) is 2.47. The van der Waals surface area contributed by atoms with Gasteiger partial charge in [0.25, 0.3) is 0 Å². The van der Waals surface area contributed by atoms with E-state index >= 15 is 0 Å². The fourth-order valence-electron chi connectivity index (χ4n) is 2.80. The Hall–Kier alpha value is -0.860. The molecule has 1 aromatic carbocycles. The van der Waals surface area contributed by atoms with E-state index in [-0.39, 0.29) is 0 Å². The van der Waals surface area contributed by atoms with Crippen LogP contribution < -0.4 is 5.32 Å². The Morgan fingerprint density at radius 3 is 2.79 bits per heavy atom. The minimum Gasteiger partial charge on any atom is -0.378 e. The van der Waals surface area contributed by atoms with E-state index in [4.69, 9.17) is 4.74 Å². The average molecular weight is 261 g/mol. The van der Waals surface area contributed by atoms with Crippen molar-refractivity contribution >= 4 is 0 Å². The van der Waals surface area contributed by atoms with Crippen molar-refractivity contribution in [1.29, 1.82) is 0 Å². The van der Waals surface area contributed by atoms with Gasteiger partial charge in [0.15, 0.2) is 0 Å². The standard InChI is InChI=1S/C17H27NO/c1-2-11-18-16(13-15-8-4-3-5-9-15)14-17-10-6-7-12-19-17/h3-5,8-9,16-18H,2,6-7,10-14H2,1H3. The topological polar surface area (TPSA) is 21.3 Å². The molecule has 19 heavy (non-hydrogen) atoms. The lowest BCUT2D eigenvalue weighted by Crippen LogP contribution is -2.36. The van der Waals surface area contributed by atoms with E-state index in [0.717, 1.165) is 26.0 Å². The molecular weight excluding hydrogens is 234 g/mol. The monoisotopic (exact) mass is 261 g/mol. The molecule has 0 bridgehead atoms. The zero-order valence-electron chi connectivity index (χ0n) is 12.1. The van der Waals surface area contributed by atoms with E-state index in [1.807, 2.05) is 0 Å². The molecule has 0 saturated carbocycles. The molecule has 0 aliphatic carbocycles. The Bertz CT molecular complexity index is 332. The van der Waals surface area contributed by atoms with Gasteiger partial charge in [0.1, 0.15) is 0 Å². The summed E-state index contributed by atoms with van der Waals surface area (Å²) >= 11 is 0. The van der Waals surface area contributed by atoms with E-state index in [2.05, 4.69) is 42.6 Å². The molecular formula is C17H27NO. The van der Waals surface area contributed by atoms with Crippen LogP contribution in [0.25, 0.3) is 0 Å². The third-order valence-electron chi connectivity index (χ3n) is 3.83. The Kier molecular flexibility index (Phi) is 6.38. The molecule has 0 aromatic heterocycles. The quantitative estimate of drug-likeness (QED) is 0.810. The third kappa shape index (κ3) is 5.33. The van der Waals surface area contributed by atoms with Gasteiger partial charge in [-0.3, -0.25) is 0 Å². The zero-order valence-corrected chi connectivity index (χ0v) is 12.1. The van der Waals surface area contributed by atoms with Crippen molar-refractivity contribution in [2.75, 3.05) is 13.2 Å². The fraction of sp³-hybridized carbons (Fsp3) is 0.647. The predicted molar refractivity (Wildman–Crippen MR) is 80.4 cm³/mol. The van der Waals surface area contributed by atoms with Crippen molar-refractivity contribution in [3.63, 3.8) is 0 Å². The maximum absolute atomic E-state index is 5.89. The van der Waals surface area contributed by atoms with Crippen LogP contribution in [0.15, 0.2) is 30.3 Å². The summed E-state index contributed by atoms with van der Waals surface area (Å²) in [5.41, 5.74) is 1.42. The Morgan fingerprint density at radius 2 is 2.11 bits per heavy atom. The molecule has 1 N–H and O–H groups in total. The summed E-state index contributed by atoms with van der Waals surface area (Å²) in [6, 6.07) is 11.3. The van der Waals surface area contributed by atoms with E-state index in [9.17, 15) is 0 Å². The van der Waals surface area contributed by atoms with Gasteiger partial charge < -0.3 is 10.1 Å². The number of rotatable bonds is 7. The van der Waals surface area contributed by atoms with Crippen LogP contribution in [0, 0.1) is 0 Å². The number of hydrogen-bond acceptors (Lipinski definition) is 2. The maximum atomic E-state index is 5.89. The number of ether oxygens (including phenoxy) is 1. The lowest BCUT2D eigenvalue weighted by molar-refractivity contribution is 0.00526. The molecule has 1 aliphatic heterocycles. The van der Waals surface area contributed by atoms with Gasteiger partial charge in [-0.1, -0.05) is 37.3 Å². The van der Waals surface area contributed by atoms with Crippen molar-refractivity contribution < 1.29 is 4.74 Å². The minimum absolute atomic E-state index is 0.465. The molecule has 1 fully saturated rings. The smallest absolute Gasteiger partial charge is 0.0590 e. The van der Waals surface area contributed by atoms with Gasteiger partial charge in [-0.05, 0) is 50.6 Å². The predicted octanol–water partition coefficient (Wildman–Crippen LogP) is 3.56. The first-order valence-electron chi connectivity index (χ1n) is 7.77. The van der Waals surface area contributed by atoms with Gasteiger partial charge in [0.2, 0.25) is 0 Å². The first-order chi connectivity index (χ1) is 9.38. The highest BCUT2D eigenvalue weighted by Gasteiger charge is 2.19. The van der Waals surface area contributed by atoms with Crippen LogP contribution in [0.4, 0.5) is 0 Å². The van der Waals surface area contributed by atoms with E-state index in [0.29, 0.717) is 12.1 Å². The van der Waals surface area contributed by atoms with E-state index in [1.54, 1.807) is 0 Å². The summed E-state index contributed by atoms with van der Waals surface area (Å²) in [5, 5.41) is 3.69. The first-order valence-corrected chi connectivity index (χ1v) is 7.77. The number of nitrogens with one attached hydrogen (secondary N) is 1. The number of benzene rings is 1. The molecule has 1 aliphatic rings. The molecule has 2 heteroatoms. The van der Waals surface area contributed by atoms with Crippen molar-refractivity contribution in [1.82, 2.24) is 5.32 Å². The zero-order chi connectivity index (χ0) is 13.3. The van der Waals surface area contributed by atoms with Crippen molar-refractivity contribution in [3.05, 3.63) is 35.9 Å². The first kappa shape index (κ1) is 14.5. The van der Waals surface area contributed by atoms with Gasteiger partial charge in [0.05, 0.1) is 6.10 Å². The van der Waals surface area contributed by atoms with Crippen LogP contribution in [-0.2, 0) is 11.2 Å². The molecule has 1 aromatic rings. The molecule has 2 nitrogen and oxygen atoms in total. The highest BCUT2D eigenvalue weighted by atomic mass is 16.5. The van der Waals surface area contributed by atoms with Crippen molar-refractivity contribution in [2.24, 2.45) is 0 Å². The Labute approximate surface area is 117 Å². The van der Waals surface area contributed by atoms with Crippen molar-refractivity contribution in [2.45, 2.75) is 57.6 Å². The molecule has 1 heterocycles. The van der Waals surface area contributed by atoms with Gasteiger partial charge in [-0.25, -0.2) is 0 Å². The largest absolute Gasteiger partial charge is 0.378 e. The van der Waals surface area contributed by atoms with Gasteiger partial charge in [-0.2, -0.15) is 0 Å². The van der Waals surface area contributed by atoms with Gasteiger partial charge in [0, 0.05) is 12.6 Å². The molecule has 0 spiro atoms. The maximum Gasteiger partial charge on any atom is 0.0590 e. The molecule has 2 unspecified atom stereocenters. The molecule has 0 radical (unpaired) electrons. The summed E-state index contributed by atoms with van der Waals surface area (Å²) in [7, 11) is 0. The Morgan fingerprint density at radius 1 is 1.26 bits per heavy atom. The summed E-state index contributed by atoms with van der Waals surface area (Å²) < 4.78 is 5.89. The van der Waals surface area contributed by atoms with Crippen LogP contribution >= 0.6 is 0 Å². The van der Waals surface area contributed by atoms with Crippen LogP contribution in [0.2, 0.25) is 0 Å². The normalized spacial score (nSPS) is 21.2. The SMILES string of the molecule is CCCNC(Cc1ccccc1)CC1CCCCO1. The van der Waals surface area contributed by atoms with Crippen LogP contribution in [0.5, 0.6) is 0 Å². The summed E-state index contributed by atoms with van der Waals surface area (Å²) in [4.78, 5) is 0. The lowest BCUT2D eigenvalue weighted by Gasteiger charge is -2.27. The summed E-state index contributed by atoms with van der Waals surface area (Å²) in [6.07, 6.45) is 7.72. The van der Waals surface area contributed by atoms with Crippen LogP contribution in [0.1, 0.15) is 44.6 Å². The third-order valence-corrected chi connectivity index (χ3v) is 3.83. The molecule has 2 rings (SSSR count). The van der Waals surface area contributed by atoms with Gasteiger partial charge >= 0.3 is 0 Å². The van der Waals surface area contributed by atoms with Crippen LogP contribution in [-0.4, -0.2) is 25.3 Å². The highest BCUT2D eigenvalue weighted by Crippen LogP contribution is 2.18. The second-order valence-corrected chi connectivity index (χ2v) is 5.57. The molecule has 2 atom stereocenters. The van der Waals surface area contributed by atoms with Crippen molar-refractivity contribution in [3.8, 4) is 0 Å². The van der Waals surface area contributed by atoms with E-state index in [1.165, 1.54) is 31.2 Å². The molecule has 106 valence electrons. The molecule has 1 saturated heterocycles. The van der Waals surface area contributed by atoms with E-state index < -0.39 is 0 Å². The second-order valence-electron chi connectivity index (χ2n) is 5.57. The fourth-order valence-corrected chi connectivity index (χ4v) is 2.80. The van der Waals surface area contributed by atoms with Crippen LogP contribution in [0.3, 0.4) is 0 Å².